The van der Waals surface area contributed by atoms with Gasteiger partial charge in [-0.3, -0.25) is 0 Å². The van der Waals surface area contributed by atoms with Crippen LogP contribution in [0.3, 0.4) is 0 Å². The maximum absolute atomic E-state index is 5.60. The van der Waals surface area contributed by atoms with E-state index in [1.807, 2.05) is 6.07 Å². The van der Waals surface area contributed by atoms with E-state index >= 15 is 0 Å². The maximum Gasteiger partial charge on any atom is 0.129 e. The molecule has 1 aromatic heterocycles. The molecular weight excluding hydrogens is 200 g/mol. The van der Waals surface area contributed by atoms with Crippen molar-refractivity contribution in [1.29, 1.82) is 0 Å². The highest BCUT2D eigenvalue weighted by Gasteiger charge is 2.12. The zero-order valence-corrected chi connectivity index (χ0v) is 10.4. The largest absolute Gasteiger partial charge is 0.367 e. The number of nitrogens with two attached hydrogens (primary N) is 1. The minimum atomic E-state index is 0.379. The van der Waals surface area contributed by atoms with E-state index in [4.69, 9.17) is 5.73 Å². The van der Waals surface area contributed by atoms with Crippen molar-refractivity contribution in [2.45, 2.75) is 39.7 Å². The molecule has 0 bridgehead atoms. The van der Waals surface area contributed by atoms with Crippen LogP contribution in [0.4, 0.5) is 5.82 Å². The van der Waals surface area contributed by atoms with Crippen molar-refractivity contribution in [3.05, 3.63) is 18.1 Å². The summed E-state index contributed by atoms with van der Waals surface area (Å²) in [6.07, 6.45) is 3.50. The fourth-order valence-electron chi connectivity index (χ4n) is 1.61. The van der Waals surface area contributed by atoms with Gasteiger partial charge in [0.2, 0.25) is 0 Å². The summed E-state index contributed by atoms with van der Waals surface area (Å²) in [6.45, 7) is 7.16. The van der Waals surface area contributed by atoms with E-state index in [9.17, 15) is 0 Å². The molecule has 1 heterocycles. The van der Waals surface area contributed by atoms with Gasteiger partial charge in [-0.05, 0) is 25.3 Å². The summed E-state index contributed by atoms with van der Waals surface area (Å²) in [7, 11) is 0. The predicted octanol–water partition coefficient (Wildman–Crippen LogP) is 1.82. The molecule has 16 heavy (non-hydrogen) atoms. The molecule has 4 nitrogen and oxygen atoms in total. The van der Waals surface area contributed by atoms with Crippen molar-refractivity contribution in [2.75, 3.05) is 11.9 Å². The molecule has 0 radical (unpaired) electrons. The van der Waals surface area contributed by atoms with Crippen LogP contribution < -0.4 is 11.1 Å². The van der Waals surface area contributed by atoms with Gasteiger partial charge in [0.05, 0.1) is 0 Å². The first kappa shape index (κ1) is 12.9. The number of aromatic nitrogens is 2. The van der Waals surface area contributed by atoms with Gasteiger partial charge >= 0.3 is 0 Å². The van der Waals surface area contributed by atoms with Crippen LogP contribution in [-0.2, 0) is 6.42 Å². The second kappa shape index (κ2) is 6.43. The fraction of sp³-hybridized carbons (Fsp3) is 0.667. The number of hydrogen-bond donors (Lipinski definition) is 2. The van der Waals surface area contributed by atoms with Gasteiger partial charge in [-0.25, -0.2) is 9.97 Å². The monoisotopic (exact) mass is 222 g/mol. The number of anilines is 1. The van der Waals surface area contributed by atoms with Gasteiger partial charge in [-0.2, -0.15) is 0 Å². The Morgan fingerprint density at radius 2 is 2.12 bits per heavy atom. The molecule has 0 aromatic carbocycles. The van der Waals surface area contributed by atoms with Crippen LogP contribution >= 0.6 is 0 Å². The number of nitrogens with zero attached hydrogens (tertiary/aromatic N) is 2. The summed E-state index contributed by atoms with van der Waals surface area (Å²) in [5, 5.41) is 3.42. The highest BCUT2D eigenvalue weighted by molar-refractivity contribution is 5.36. The molecule has 1 unspecified atom stereocenters. The van der Waals surface area contributed by atoms with E-state index in [1.54, 1.807) is 6.33 Å². The smallest absolute Gasteiger partial charge is 0.129 e. The Bertz CT molecular complexity index is 312. The minimum absolute atomic E-state index is 0.379. The SMILES string of the molecule is CCc1cc(NC(CCN)C(C)C)ncn1. The third kappa shape index (κ3) is 3.77. The van der Waals surface area contributed by atoms with E-state index < -0.39 is 0 Å². The first-order chi connectivity index (χ1) is 7.67. The van der Waals surface area contributed by atoms with E-state index in [0.29, 0.717) is 18.5 Å². The lowest BCUT2D eigenvalue weighted by Gasteiger charge is -2.22. The summed E-state index contributed by atoms with van der Waals surface area (Å²) < 4.78 is 0. The topological polar surface area (TPSA) is 63.8 Å². The second-order valence-corrected chi connectivity index (χ2v) is 4.32. The first-order valence-corrected chi connectivity index (χ1v) is 5.94. The molecule has 0 aliphatic rings. The lowest BCUT2D eigenvalue weighted by molar-refractivity contribution is 0.497. The van der Waals surface area contributed by atoms with Gasteiger partial charge in [-0.1, -0.05) is 20.8 Å². The van der Waals surface area contributed by atoms with Crippen LogP contribution in [0.1, 0.15) is 32.9 Å². The Hall–Kier alpha value is -1.16. The molecule has 0 saturated heterocycles. The quantitative estimate of drug-likeness (QED) is 0.770. The Labute approximate surface area is 97.7 Å². The lowest BCUT2D eigenvalue weighted by atomic mass is 10.0. The van der Waals surface area contributed by atoms with E-state index in [1.165, 1.54) is 0 Å². The third-order valence-corrected chi connectivity index (χ3v) is 2.70. The van der Waals surface area contributed by atoms with Crippen molar-refractivity contribution in [3.63, 3.8) is 0 Å². The van der Waals surface area contributed by atoms with Crippen molar-refractivity contribution in [1.82, 2.24) is 9.97 Å². The summed E-state index contributed by atoms with van der Waals surface area (Å²) in [6, 6.07) is 2.39. The molecule has 0 spiro atoms. The molecule has 0 aliphatic carbocycles. The number of hydrogen-bond acceptors (Lipinski definition) is 4. The van der Waals surface area contributed by atoms with Gasteiger partial charge < -0.3 is 11.1 Å². The van der Waals surface area contributed by atoms with Gasteiger partial charge in [0, 0.05) is 17.8 Å². The Morgan fingerprint density at radius 1 is 1.38 bits per heavy atom. The summed E-state index contributed by atoms with van der Waals surface area (Å²) in [4.78, 5) is 8.41. The van der Waals surface area contributed by atoms with Crippen LogP contribution in [0.2, 0.25) is 0 Å². The number of rotatable bonds is 6. The lowest BCUT2D eigenvalue weighted by Crippen LogP contribution is -2.28. The standard InChI is InChI=1S/C12H22N4/c1-4-10-7-12(15-8-14-10)16-11(5-6-13)9(2)3/h7-9,11H,4-6,13H2,1-3H3,(H,14,15,16). The van der Waals surface area contributed by atoms with E-state index in [0.717, 1.165) is 24.4 Å². The zero-order valence-electron chi connectivity index (χ0n) is 10.4. The van der Waals surface area contributed by atoms with E-state index in [2.05, 4.69) is 36.1 Å². The molecule has 90 valence electrons. The molecule has 4 heteroatoms. The summed E-state index contributed by atoms with van der Waals surface area (Å²) >= 11 is 0. The highest BCUT2D eigenvalue weighted by atomic mass is 15.0. The van der Waals surface area contributed by atoms with Crippen LogP contribution in [0, 0.1) is 5.92 Å². The fourth-order valence-corrected chi connectivity index (χ4v) is 1.61. The Balaban J connectivity index is 2.68. The Morgan fingerprint density at radius 3 is 2.69 bits per heavy atom. The Kier molecular flexibility index (Phi) is 5.19. The normalized spacial score (nSPS) is 12.8. The molecule has 0 fully saturated rings. The first-order valence-electron chi connectivity index (χ1n) is 5.94. The van der Waals surface area contributed by atoms with E-state index in [-0.39, 0.29) is 0 Å². The van der Waals surface area contributed by atoms with Crippen molar-refractivity contribution < 1.29 is 0 Å². The zero-order chi connectivity index (χ0) is 12.0. The highest BCUT2D eigenvalue weighted by Crippen LogP contribution is 2.13. The molecule has 1 rings (SSSR count). The average molecular weight is 222 g/mol. The second-order valence-electron chi connectivity index (χ2n) is 4.32. The summed E-state index contributed by atoms with van der Waals surface area (Å²) in [5.41, 5.74) is 6.67. The van der Waals surface area contributed by atoms with Gasteiger partial charge in [0.25, 0.3) is 0 Å². The number of aryl methyl sites for hydroxylation is 1. The maximum atomic E-state index is 5.60. The third-order valence-electron chi connectivity index (χ3n) is 2.70. The average Bonchev–Trinajstić information content (AvgIpc) is 2.28. The van der Waals surface area contributed by atoms with Crippen LogP contribution in [-0.4, -0.2) is 22.6 Å². The van der Waals surface area contributed by atoms with Crippen molar-refractivity contribution in [2.24, 2.45) is 11.7 Å². The number of nitrogens with one attached hydrogen (secondary N) is 1. The predicted molar refractivity (Wildman–Crippen MR) is 67.3 cm³/mol. The van der Waals surface area contributed by atoms with Crippen molar-refractivity contribution >= 4 is 5.82 Å². The van der Waals surface area contributed by atoms with Crippen LogP contribution in [0.5, 0.6) is 0 Å². The van der Waals surface area contributed by atoms with Gasteiger partial charge in [-0.15, -0.1) is 0 Å². The molecule has 0 amide bonds. The van der Waals surface area contributed by atoms with Gasteiger partial charge in [0.15, 0.2) is 0 Å². The molecule has 3 N–H and O–H groups in total. The van der Waals surface area contributed by atoms with Crippen molar-refractivity contribution in [3.8, 4) is 0 Å². The molecule has 0 aliphatic heterocycles. The van der Waals surface area contributed by atoms with Crippen LogP contribution in [0.25, 0.3) is 0 Å². The summed E-state index contributed by atoms with van der Waals surface area (Å²) in [5.74, 6) is 1.45. The minimum Gasteiger partial charge on any atom is -0.367 e. The molecule has 1 atom stereocenters. The molecule has 1 aromatic rings. The van der Waals surface area contributed by atoms with Gasteiger partial charge in [0.1, 0.15) is 12.1 Å². The molecule has 0 saturated carbocycles. The van der Waals surface area contributed by atoms with Crippen LogP contribution in [0.15, 0.2) is 12.4 Å². The molecular formula is C12H22N4.